The molecule has 1 aromatic heterocycles. The number of benzene rings is 2. The molecule has 0 saturated carbocycles. The number of para-hydroxylation sites is 1. The molecule has 0 saturated heterocycles. The van der Waals surface area contributed by atoms with Gasteiger partial charge in [0.15, 0.2) is 0 Å². The second-order valence-corrected chi connectivity index (χ2v) is 6.26. The van der Waals surface area contributed by atoms with E-state index in [2.05, 4.69) is 29.3 Å². The molecule has 4 heteroatoms. The number of likely N-dealkylation sites (N-methyl/N-ethyl adjacent to an activating group) is 1. The van der Waals surface area contributed by atoms with Gasteiger partial charge in [-0.05, 0) is 31.2 Å². The van der Waals surface area contributed by atoms with Gasteiger partial charge in [0.25, 0.3) is 0 Å². The molecular formula is C21H24N2O2. The lowest BCUT2D eigenvalue weighted by molar-refractivity contribution is -0.123. The molecule has 4 nitrogen and oxygen atoms in total. The molecule has 0 aliphatic carbocycles. The Hall–Kier alpha value is -2.59. The molecule has 1 atom stereocenters. The molecule has 1 N–H and O–H groups in total. The van der Waals surface area contributed by atoms with E-state index in [4.69, 9.17) is 4.42 Å². The van der Waals surface area contributed by atoms with Gasteiger partial charge in [-0.25, -0.2) is 0 Å². The van der Waals surface area contributed by atoms with Crippen LogP contribution in [0.1, 0.15) is 31.2 Å². The molecule has 0 spiro atoms. The van der Waals surface area contributed by atoms with Gasteiger partial charge in [0.1, 0.15) is 11.3 Å². The summed E-state index contributed by atoms with van der Waals surface area (Å²) in [7, 11) is 0. The lowest BCUT2D eigenvalue weighted by atomic mass is 10.2. The Bertz CT molecular complexity index is 793. The van der Waals surface area contributed by atoms with E-state index in [1.807, 2.05) is 55.5 Å². The lowest BCUT2D eigenvalue weighted by Crippen LogP contribution is -2.37. The fraction of sp³-hybridized carbons (Fsp3) is 0.286. The average Bonchev–Trinajstić information content (AvgIpc) is 3.06. The molecule has 1 heterocycles. The van der Waals surface area contributed by atoms with Crippen LogP contribution in [0.3, 0.4) is 0 Å². The van der Waals surface area contributed by atoms with Crippen molar-refractivity contribution in [2.45, 2.75) is 26.4 Å². The summed E-state index contributed by atoms with van der Waals surface area (Å²) in [4.78, 5) is 14.5. The first-order valence-corrected chi connectivity index (χ1v) is 8.70. The van der Waals surface area contributed by atoms with E-state index in [1.165, 1.54) is 5.56 Å². The Morgan fingerprint density at radius 2 is 1.84 bits per heavy atom. The van der Waals surface area contributed by atoms with Crippen molar-refractivity contribution >= 4 is 16.9 Å². The van der Waals surface area contributed by atoms with E-state index >= 15 is 0 Å². The van der Waals surface area contributed by atoms with Crippen LogP contribution in [0.5, 0.6) is 0 Å². The quantitative estimate of drug-likeness (QED) is 0.705. The fourth-order valence-corrected chi connectivity index (χ4v) is 2.90. The van der Waals surface area contributed by atoms with Crippen LogP contribution in [0.25, 0.3) is 11.0 Å². The largest absolute Gasteiger partial charge is 0.459 e. The van der Waals surface area contributed by atoms with Crippen molar-refractivity contribution in [3.8, 4) is 0 Å². The van der Waals surface area contributed by atoms with E-state index < -0.39 is 0 Å². The van der Waals surface area contributed by atoms with Crippen molar-refractivity contribution in [1.29, 1.82) is 0 Å². The van der Waals surface area contributed by atoms with E-state index in [-0.39, 0.29) is 11.9 Å². The first kappa shape index (κ1) is 17.2. The third-order valence-corrected chi connectivity index (χ3v) is 4.31. The van der Waals surface area contributed by atoms with Crippen LogP contribution in [0, 0.1) is 0 Å². The summed E-state index contributed by atoms with van der Waals surface area (Å²) < 4.78 is 5.83. The van der Waals surface area contributed by atoms with Crippen LogP contribution in [0.15, 0.2) is 65.1 Å². The van der Waals surface area contributed by atoms with Gasteiger partial charge in [-0.15, -0.1) is 0 Å². The third-order valence-electron chi connectivity index (χ3n) is 4.31. The number of nitrogens with one attached hydrogen (secondary N) is 1. The van der Waals surface area contributed by atoms with Crippen molar-refractivity contribution < 1.29 is 9.21 Å². The predicted octanol–water partition coefficient (Wildman–Crippen LogP) is 4.13. The Labute approximate surface area is 148 Å². The van der Waals surface area contributed by atoms with Gasteiger partial charge < -0.3 is 9.73 Å². The molecule has 0 fully saturated rings. The Balaban J connectivity index is 1.58. The predicted molar refractivity (Wildman–Crippen MR) is 100 cm³/mol. The summed E-state index contributed by atoms with van der Waals surface area (Å²) in [5.41, 5.74) is 2.06. The summed E-state index contributed by atoms with van der Waals surface area (Å²) in [5.74, 6) is 0.784. The monoisotopic (exact) mass is 336 g/mol. The van der Waals surface area contributed by atoms with Crippen LogP contribution in [0.4, 0.5) is 0 Å². The molecule has 3 rings (SSSR count). The highest BCUT2D eigenvalue weighted by atomic mass is 16.3. The third kappa shape index (κ3) is 4.48. The van der Waals surface area contributed by atoms with E-state index in [0.29, 0.717) is 6.54 Å². The number of carbonyl (C=O) groups excluding carboxylic acids is 1. The summed E-state index contributed by atoms with van der Waals surface area (Å²) in [6, 6.07) is 19.9. The summed E-state index contributed by atoms with van der Waals surface area (Å²) in [6.45, 7) is 5.98. The Morgan fingerprint density at radius 1 is 1.12 bits per heavy atom. The average molecular weight is 336 g/mol. The number of carbonyl (C=O) groups is 1. The lowest BCUT2D eigenvalue weighted by Gasteiger charge is -2.21. The van der Waals surface area contributed by atoms with Gasteiger partial charge in [-0.1, -0.05) is 55.5 Å². The fourth-order valence-electron chi connectivity index (χ4n) is 2.90. The van der Waals surface area contributed by atoms with Crippen molar-refractivity contribution in [1.82, 2.24) is 10.2 Å². The van der Waals surface area contributed by atoms with Crippen molar-refractivity contribution in [2.75, 3.05) is 13.1 Å². The number of amides is 1. The number of hydrogen-bond donors (Lipinski definition) is 1. The molecule has 0 bridgehead atoms. The number of fused-ring (bicyclic) bond motifs is 1. The van der Waals surface area contributed by atoms with Gasteiger partial charge in [-0.2, -0.15) is 0 Å². The maximum absolute atomic E-state index is 12.4. The highest BCUT2D eigenvalue weighted by molar-refractivity contribution is 5.80. The molecule has 0 radical (unpaired) electrons. The summed E-state index contributed by atoms with van der Waals surface area (Å²) >= 11 is 0. The molecule has 130 valence electrons. The number of furan rings is 1. The maximum Gasteiger partial charge on any atom is 0.234 e. The van der Waals surface area contributed by atoms with Crippen molar-refractivity contribution in [3.05, 3.63) is 72.0 Å². The Morgan fingerprint density at radius 3 is 2.56 bits per heavy atom. The van der Waals surface area contributed by atoms with Crippen LogP contribution >= 0.6 is 0 Å². The first-order valence-electron chi connectivity index (χ1n) is 8.70. The number of rotatable bonds is 7. The molecule has 3 aromatic rings. The van der Waals surface area contributed by atoms with E-state index in [9.17, 15) is 4.79 Å². The Kier molecular flexibility index (Phi) is 5.51. The molecule has 2 aromatic carbocycles. The number of nitrogens with zero attached hydrogens (tertiary/aromatic N) is 1. The van der Waals surface area contributed by atoms with Crippen LogP contribution in [-0.2, 0) is 11.3 Å². The zero-order valence-electron chi connectivity index (χ0n) is 14.7. The molecule has 25 heavy (non-hydrogen) atoms. The second kappa shape index (κ2) is 7.99. The normalized spacial score (nSPS) is 12.4. The summed E-state index contributed by atoms with van der Waals surface area (Å²) in [5, 5.41) is 4.09. The molecule has 0 aliphatic heterocycles. The van der Waals surface area contributed by atoms with Gasteiger partial charge >= 0.3 is 0 Å². The van der Waals surface area contributed by atoms with Gasteiger partial charge in [-0.3, -0.25) is 9.69 Å². The SMILES string of the molecule is CCN(CC(=O)N[C@@H](C)c1cc2ccccc2o1)Cc1ccccc1. The zero-order chi connectivity index (χ0) is 17.6. The van der Waals surface area contributed by atoms with Gasteiger partial charge in [0.2, 0.25) is 5.91 Å². The van der Waals surface area contributed by atoms with Gasteiger partial charge in [0, 0.05) is 11.9 Å². The standard InChI is InChI=1S/C21H24N2O2/c1-3-23(14-17-9-5-4-6-10-17)15-21(24)22-16(2)20-13-18-11-7-8-12-19(18)25-20/h4-13,16H,3,14-15H2,1-2H3,(H,22,24)/t16-/m0/s1. The summed E-state index contributed by atoms with van der Waals surface area (Å²) in [6.07, 6.45) is 0. The van der Waals surface area contributed by atoms with Crippen LogP contribution in [0.2, 0.25) is 0 Å². The minimum absolute atomic E-state index is 0.00531. The maximum atomic E-state index is 12.4. The van der Waals surface area contributed by atoms with Crippen LogP contribution < -0.4 is 5.32 Å². The van der Waals surface area contributed by atoms with Crippen molar-refractivity contribution in [3.63, 3.8) is 0 Å². The minimum atomic E-state index is -0.157. The minimum Gasteiger partial charge on any atom is -0.459 e. The highest BCUT2D eigenvalue weighted by Gasteiger charge is 2.16. The van der Waals surface area contributed by atoms with E-state index in [1.54, 1.807) is 0 Å². The highest BCUT2D eigenvalue weighted by Crippen LogP contribution is 2.23. The topological polar surface area (TPSA) is 45.5 Å². The molecular weight excluding hydrogens is 312 g/mol. The van der Waals surface area contributed by atoms with Crippen LogP contribution in [-0.4, -0.2) is 23.9 Å². The van der Waals surface area contributed by atoms with E-state index in [0.717, 1.165) is 29.8 Å². The molecule has 0 unspecified atom stereocenters. The van der Waals surface area contributed by atoms with Gasteiger partial charge in [0.05, 0.1) is 12.6 Å². The molecule has 1 amide bonds. The van der Waals surface area contributed by atoms with Crippen molar-refractivity contribution in [2.24, 2.45) is 0 Å². The smallest absolute Gasteiger partial charge is 0.234 e. The zero-order valence-corrected chi connectivity index (χ0v) is 14.7. The first-order chi connectivity index (χ1) is 12.2. The molecule has 0 aliphatic rings. The number of hydrogen-bond acceptors (Lipinski definition) is 3. The second-order valence-electron chi connectivity index (χ2n) is 6.26.